The summed E-state index contributed by atoms with van der Waals surface area (Å²) in [6.07, 6.45) is 0. The summed E-state index contributed by atoms with van der Waals surface area (Å²) in [5, 5.41) is 2.45. The molecule has 0 unspecified atom stereocenters. The molecular weight excluding hydrogens is 749 g/mol. The van der Waals surface area contributed by atoms with E-state index in [2.05, 4.69) is 264 Å². The molecule has 0 spiro atoms. The Labute approximate surface area is 362 Å². The van der Waals surface area contributed by atoms with Crippen molar-refractivity contribution in [2.45, 2.75) is 0 Å². The van der Waals surface area contributed by atoms with E-state index in [9.17, 15) is 0 Å². The second-order valence-corrected chi connectivity index (χ2v) is 15.7. The molecule has 11 aromatic rings. The number of hydrogen-bond acceptors (Lipinski definition) is 1. The van der Waals surface area contributed by atoms with Crippen LogP contribution >= 0.6 is 0 Å². The minimum Gasteiger partial charge on any atom is -0.310 e. The molecule has 2 heteroatoms. The Morgan fingerprint density at radius 3 is 1.24 bits per heavy atom. The molecule has 10 aromatic carbocycles. The molecule has 0 bridgehead atoms. The number of nitrogens with zero attached hydrogens (tertiary/aromatic N) is 2. The van der Waals surface area contributed by atoms with Gasteiger partial charge in [-0.3, -0.25) is 0 Å². The molecule has 0 fully saturated rings. The predicted molar refractivity (Wildman–Crippen MR) is 263 cm³/mol. The first-order valence-corrected chi connectivity index (χ1v) is 21.3. The van der Waals surface area contributed by atoms with Crippen molar-refractivity contribution in [2.24, 2.45) is 0 Å². The van der Waals surface area contributed by atoms with Crippen LogP contribution in [0.2, 0.25) is 0 Å². The first-order valence-electron chi connectivity index (χ1n) is 21.3. The highest BCUT2D eigenvalue weighted by molar-refractivity contribution is 6.17. The highest BCUT2D eigenvalue weighted by Crippen LogP contribution is 2.48. The van der Waals surface area contributed by atoms with Crippen molar-refractivity contribution in [2.75, 3.05) is 4.90 Å². The van der Waals surface area contributed by atoms with Gasteiger partial charge in [-0.15, -0.1) is 0 Å². The van der Waals surface area contributed by atoms with Crippen molar-refractivity contribution in [3.05, 3.63) is 255 Å². The molecule has 0 N–H and O–H groups in total. The first kappa shape index (κ1) is 36.8. The van der Waals surface area contributed by atoms with Gasteiger partial charge in [0.1, 0.15) is 0 Å². The van der Waals surface area contributed by atoms with Crippen LogP contribution in [-0.2, 0) is 0 Å². The van der Waals surface area contributed by atoms with E-state index in [1.54, 1.807) is 0 Å². The van der Waals surface area contributed by atoms with E-state index in [4.69, 9.17) is 0 Å². The van der Waals surface area contributed by atoms with Gasteiger partial charge >= 0.3 is 0 Å². The topological polar surface area (TPSA) is 8.17 Å². The van der Waals surface area contributed by atoms with E-state index in [1.807, 2.05) is 0 Å². The molecule has 292 valence electrons. The van der Waals surface area contributed by atoms with Crippen LogP contribution in [0.1, 0.15) is 0 Å². The van der Waals surface area contributed by atoms with Crippen LogP contribution in [0.4, 0.5) is 17.1 Å². The van der Waals surface area contributed by atoms with Gasteiger partial charge in [-0.05, 0) is 105 Å². The van der Waals surface area contributed by atoms with Gasteiger partial charge in [-0.1, -0.05) is 200 Å². The molecule has 0 aliphatic rings. The van der Waals surface area contributed by atoms with Crippen molar-refractivity contribution < 1.29 is 0 Å². The molecule has 0 saturated heterocycles. The van der Waals surface area contributed by atoms with Gasteiger partial charge in [0, 0.05) is 33.4 Å². The lowest BCUT2D eigenvalue weighted by Crippen LogP contribution is -2.12. The third-order valence-electron chi connectivity index (χ3n) is 12.0. The highest BCUT2D eigenvalue weighted by Gasteiger charge is 2.23. The van der Waals surface area contributed by atoms with E-state index >= 15 is 0 Å². The van der Waals surface area contributed by atoms with E-state index < -0.39 is 0 Å². The molecule has 0 amide bonds. The molecular formula is C60H42N2. The highest BCUT2D eigenvalue weighted by atomic mass is 15.1. The second-order valence-electron chi connectivity index (χ2n) is 15.7. The van der Waals surface area contributed by atoms with Gasteiger partial charge in [0.2, 0.25) is 0 Å². The third kappa shape index (κ3) is 6.65. The molecule has 2 nitrogen and oxygen atoms in total. The molecule has 1 aromatic heterocycles. The Bertz CT molecular complexity index is 3190. The van der Waals surface area contributed by atoms with Crippen molar-refractivity contribution in [1.82, 2.24) is 4.57 Å². The third-order valence-corrected chi connectivity index (χ3v) is 12.0. The zero-order valence-electron chi connectivity index (χ0n) is 34.1. The lowest BCUT2D eigenvalue weighted by molar-refractivity contribution is 1.18. The molecule has 1 heterocycles. The average Bonchev–Trinajstić information content (AvgIpc) is 3.70. The maximum atomic E-state index is 2.47. The molecule has 11 rings (SSSR count). The van der Waals surface area contributed by atoms with Gasteiger partial charge in [0.15, 0.2) is 0 Å². The average molecular weight is 791 g/mol. The molecule has 0 aliphatic heterocycles. The summed E-state index contributed by atoms with van der Waals surface area (Å²) in [6, 6.07) is 92.2. The number of aromatic nitrogens is 1. The quantitative estimate of drug-likeness (QED) is 0.141. The van der Waals surface area contributed by atoms with Crippen molar-refractivity contribution in [3.63, 3.8) is 0 Å². The lowest BCUT2D eigenvalue weighted by atomic mass is 9.92. The van der Waals surface area contributed by atoms with E-state index in [-0.39, 0.29) is 0 Å². The summed E-state index contributed by atoms with van der Waals surface area (Å²) in [5.41, 5.74) is 18.5. The van der Waals surface area contributed by atoms with E-state index in [0.717, 1.165) is 28.3 Å². The fraction of sp³-hybridized carbons (Fsp3) is 0. The van der Waals surface area contributed by atoms with Crippen LogP contribution in [0.15, 0.2) is 255 Å². The normalized spacial score (nSPS) is 11.2. The molecule has 0 atom stereocenters. The van der Waals surface area contributed by atoms with Gasteiger partial charge in [0.05, 0.1) is 16.7 Å². The summed E-state index contributed by atoms with van der Waals surface area (Å²) < 4.78 is 2.40. The maximum absolute atomic E-state index is 2.47. The Balaban J connectivity index is 1.20. The molecule has 62 heavy (non-hydrogen) atoms. The number of anilines is 3. The lowest BCUT2D eigenvalue weighted by Gasteiger charge is -2.30. The summed E-state index contributed by atoms with van der Waals surface area (Å²) in [5.74, 6) is 0. The molecule has 0 aliphatic carbocycles. The molecule has 0 saturated carbocycles. The maximum Gasteiger partial charge on any atom is 0.0547 e. The summed E-state index contributed by atoms with van der Waals surface area (Å²) in [6.45, 7) is 0. The number of hydrogen-bond donors (Lipinski definition) is 0. The minimum atomic E-state index is 1.07. The first-order chi connectivity index (χ1) is 30.8. The van der Waals surface area contributed by atoms with Crippen LogP contribution in [0, 0.1) is 0 Å². The number of para-hydroxylation sites is 3. The van der Waals surface area contributed by atoms with Crippen molar-refractivity contribution in [1.29, 1.82) is 0 Å². The van der Waals surface area contributed by atoms with Crippen molar-refractivity contribution in [3.8, 4) is 61.3 Å². The minimum absolute atomic E-state index is 1.07. The van der Waals surface area contributed by atoms with Crippen LogP contribution < -0.4 is 4.90 Å². The smallest absolute Gasteiger partial charge is 0.0547 e. The van der Waals surface area contributed by atoms with Crippen LogP contribution in [0.5, 0.6) is 0 Å². The van der Waals surface area contributed by atoms with Crippen LogP contribution in [0.3, 0.4) is 0 Å². The summed E-state index contributed by atoms with van der Waals surface area (Å²) >= 11 is 0. The Morgan fingerprint density at radius 2 is 0.694 bits per heavy atom. The zero-order valence-corrected chi connectivity index (χ0v) is 34.1. The Morgan fingerprint density at radius 1 is 0.274 bits per heavy atom. The second kappa shape index (κ2) is 16.1. The number of rotatable bonds is 9. The van der Waals surface area contributed by atoms with Gasteiger partial charge in [0.25, 0.3) is 0 Å². The van der Waals surface area contributed by atoms with Gasteiger partial charge in [-0.2, -0.15) is 0 Å². The molecule has 0 radical (unpaired) electrons. The van der Waals surface area contributed by atoms with E-state index in [0.29, 0.717) is 0 Å². The fourth-order valence-electron chi connectivity index (χ4n) is 9.22. The largest absolute Gasteiger partial charge is 0.310 e. The van der Waals surface area contributed by atoms with Crippen LogP contribution in [0.25, 0.3) is 83.1 Å². The van der Waals surface area contributed by atoms with Crippen LogP contribution in [-0.4, -0.2) is 4.57 Å². The Kier molecular flexibility index (Phi) is 9.57. The zero-order chi connectivity index (χ0) is 41.2. The summed E-state index contributed by atoms with van der Waals surface area (Å²) in [4.78, 5) is 2.47. The SMILES string of the molecule is c1ccc(-c2ccc(N(c3ccc(-c4ccccc4)c(-c4ccccc4)c3)c3ccccc3-c3cccc4c3c3ccccc3n4-c3ccccc3)cc2-c2ccccc2)cc1. The predicted octanol–water partition coefficient (Wildman–Crippen LogP) is 16.6. The van der Waals surface area contributed by atoms with E-state index in [1.165, 1.54) is 71.9 Å². The summed E-state index contributed by atoms with van der Waals surface area (Å²) in [7, 11) is 0. The number of fused-ring (bicyclic) bond motifs is 3. The van der Waals surface area contributed by atoms with Gasteiger partial charge in [-0.25, -0.2) is 0 Å². The fourth-order valence-corrected chi connectivity index (χ4v) is 9.22. The monoisotopic (exact) mass is 790 g/mol. The number of benzene rings is 10. The van der Waals surface area contributed by atoms with Gasteiger partial charge < -0.3 is 9.47 Å². The van der Waals surface area contributed by atoms with Crippen molar-refractivity contribution >= 4 is 38.9 Å². The standard InChI is InChI=1S/C60H42N2/c1-6-21-43(22-7-1)50-39-37-48(41-55(50)45-25-10-3-11-26-45)61(49-38-40-51(44-23-8-2-9-24-44)56(42-49)46-27-12-4-13-28-46)57-34-18-16-31-52(57)53-33-20-36-59-60(53)54-32-17-19-35-58(54)62(59)47-29-14-5-15-30-47/h1-42H. The Hall–Kier alpha value is -8.20.